The molecule has 1 atom stereocenters. The molecule has 3 N–H and O–H groups in total. The summed E-state index contributed by atoms with van der Waals surface area (Å²) in [5.74, 6) is -1.07. The van der Waals surface area contributed by atoms with E-state index in [-0.39, 0.29) is 11.6 Å². The van der Waals surface area contributed by atoms with E-state index in [1.807, 2.05) is 73.0 Å². The molecule has 226 valence electrons. The quantitative estimate of drug-likeness (QED) is 0.0976. The van der Waals surface area contributed by atoms with Gasteiger partial charge in [-0.05, 0) is 73.2 Å². The summed E-state index contributed by atoms with van der Waals surface area (Å²) in [5.41, 5.74) is 3.53. The van der Waals surface area contributed by atoms with Gasteiger partial charge in [0.05, 0.1) is 10.9 Å². The minimum absolute atomic E-state index is 0.0860. The van der Waals surface area contributed by atoms with Gasteiger partial charge in [0.15, 0.2) is 5.13 Å². The first-order chi connectivity index (χ1) is 21.7. The largest absolute Gasteiger partial charge is 0.321 e. The second-order valence-electron chi connectivity index (χ2n) is 9.71. The number of benzene rings is 4. The predicted molar refractivity (Wildman–Crippen MR) is 190 cm³/mol. The van der Waals surface area contributed by atoms with Crippen molar-refractivity contribution in [3.05, 3.63) is 134 Å². The van der Waals surface area contributed by atoms with Crippen LogP contribution in [-0.4, -0.2) is 28.0 Å². The lowest BCUT2D eigenvalue weighted by Crippen LogP contribution is -2.30. The molecule has 0 aliphatic carbocycles. The molecule has 1 heterocycles. The van der Waals surface area contributed by atoms with Gasteiger partial charge in [-0.3, -0.25) is 14.4 Å². The van der Waals surface area contributed by atoms with Crippen molar-refractivity contribution in [3.63, 3.8) is 0 Å². The van der Waals surface area contributed by atoms with Gasteiger partial charge in [-0.2, -0.15) is 0 Å². The molecular formula is C34H26Br2N4O3S2. The lowest BCUT2D eigenvalue weighted by atomic mass is 10.1. The average molecular weight is 763 g/mol. The summed E-state index contributed by atoms with van der Waals surface area (Å²) in [5, 5.41) is 10.5. The van der Waals surface area contributed by atoms with Gasteiger partial charge in [0.1, 0.15) is 5.70 Å². The third-order valence-electron chi connectivity index (χ3n) is 6.36. The first kappa shape index (κ1) is 32.4. The van der Waals surface area contributed by atoms with Crippen molar-refractivity contribution in [3.8, 4) is 11.3 Å². The molecule has 45 heavy (non-hydrogen) atoms. The first-order valence-corrected chi connectivity index (χ1v) is 17.0. The SMILES string of the molecule is CC(Sc1cccc(NC(=O)/C(=C/c2ccc(Br)cc2)NC(=O)c2ccccc2)c1)C(=O)Nc1nc(-c2ccc(Br)cc2)cs1. The van der Waals surface area contributed by atoms with Gasteiger partial charge in [0, 0.05) is 36.0 Å². The fourth-order valence-electron chi connectivity index (χ4n) is 4.06. The lowest BCUT2D eigenvalue weighted by molar-refractivity contribution is -0.115. The second-order valence-corrected chi connectivity index (χ2v) is 13.8. The van der Waals surface area contributed by atoms with Crippen molar-refractivity contribution in [2.75, 3.05) is 10.6 Å². The predicted octanol–water partition coefficient (Wildman–Crippen LogP) is 8.86. The highest BCUT2D eigenvalue weighted by molar-refractivity contribution is 9.10. The maximum Gasteiger partial charge on any atom is 0.272 e. The molecule has 4 aromatic carbocycles. The van der Waals surface area contributed by atoms with Crippen LogP contribution in [0.1, 0.15) is 22.8 Å². The molecule has 5 rings (SSSR count). The van der Waals surface area contributed by atoms with Crippen molar-refractivity contribution in [2.45, 2.75) is 17.1 Å². The molecule has 5 aromatic rings. The molecule has 11 heteroatoms. The Hall–Kier alpha value is -4.03. The highest BCUT2D eigenvalue weighted by Gasteiger charge is 2.18. The lowest BCUT2D eigenvalue weighted by Gasteiger charge is -2.13. The summed E-state index contributed by atoms with van der Waals surface area (Å²) in [4.78, 5) is 44.7. The van der Waals surface area contributed by atoms with Gasteiger partial charge in [0.25, 0.3) is 11.8 Å². The maximum absolute atomic E-state index is 13.4. The molecule has 0 fully saturated rings. The number of halogens is 2. The van der Waals surface area contributed by atoms with E-state index in [1.54, 1.807) is 48.5 Å². The number of anilines is 2. The summed E-state index contributed by atoms with van der Waals surface area (Å²) in [6, 6.07) is 31.1. The Kier molecular flexibility index (Phi) is 11.0. The molecule has 3 amide bonds. The molecule has 1 aromatic heterocycles. The molecule has 0 saturated carbocycles. The Morgan fingerprint density at radius 1 is 0.844 bits per heavy atom. The van der Waals surface area contributed by atoms with E-state index in [4.69, 9.17) is 0 Å². The fourth-order valence-corrected chi connectivity index (χ4v) is 6.24. The van der Waals surface area contributed by atoms with Crippen LogP contribution in [0.5, 0.6) is 0 Å². The number of rotatable bonds is 10. The highest BCUT2D eigenvalue weighted by Crippen LogP contribution is 2.29. The van der Waals surface area contributed by atoms with Crippen LogP contribution < -0.4 is 16.0 Å². The normalized spacial score (nSPS) is 11.8. The van der Waals surface area contributed by atoms with Crippen molar-refractivity contribution in [1.29, 1.82) is 0 Å². The number of amides is 3. The molecule has 0 aliphatic heterocycles. The van der Waals surface area contributed by atoms with Gasteiger partial charge in [-0.25, -0.2) is 4.98 Å². The minimum atomic E-state index is -0.486. The topological polar surface area (TPSA) is 100 Å². The first-order valence-electron chi connectivity index (χ1n) is 13.7. The molecule has 7 nitrogen and oxygen atoms in total. The van der Waals surface area contributed by atoms with E-state index in [2.05, 4.69) is 52.8 Å². The number of hydrogen-bond donors (Lipinski definition) is 3. The van der Waals surface area contributed by atoms with Crippen molar-refractivity contribution in [2.24, 2.45) is 0 Å². The Morgan fingerprint density at radius 3 is 2.24 bits per heavy atom. The van der Waals surface area contributed by atoms with Gasteiger partial charge >= 0.3 is 0 Å². The van der Waals surface area contributed by atoms with E-state index in [1.165, 1.54) is 23.1 Å². The minimum Gasteiger partial charge on any atom is -0.321 e. The third kappa shape index (κ3) is 9.24. The zero-order valence-corrected chi connectivity index (χ0v) is 28.6. The van der Waals surface area contributed by atoms with Crippen LogP contribution in [0.2, 0.25) is 0 Å². The summed E-state index contributed by atoms with van der Waals surface area (Å²) < 4.78 is 1.88. The second kappa shape index (κ2) is 15.3. The van der Waals surface area contributed by atoms with E-state index in [9.17, 15) is 14.4 Å². The summed E-state index contributed by atoms with van der Waals surface area (Å²) in [7, 11) is 0. The average Bonchev–Trinajstić information content (AvgIpc) is 3.51. The Morgan fingerprint density at radius 2 is 1.53 bits per heavy atom. The van der Waals surface area contributed by atoms with Gasteiger partial charge in [-0.15, -0.1) is 23.1 Å². The number of thioether (sulfide) groups is 1. The Balaban J connectivity index is 1.25. The fraction of sp³-hybridized carbons (Fsp3) is 0.0588. The number of carbonyl (C=O) groups excluding carboxylic acids is 3. The number of nitrogens with one attached hydrogen (secondary N) is 3. The number of carbonyl (C=O) groups is 3. The Bertz CT molecular complexity index is 1840. The van der Waals surface area contributed by atoms with Crippen LogP contribution in [-0.2, 0) is 9.59 Å². The number of nitrogens with zero attached hydrogens (tertiary/aromatic N) is 1. The standard InChI is InChI=1S/C34H26Br2N4O3S2/c1-21(31(41)40-34-39-30(20-44-34)23-12-16-26(36)17-13-23)45-28-9-5-8-27(19-28)37-33(43)29(18-22-10-14-25(35)15-11-22)38-32(42)24-6-3-2-4-7-24/h2-21H,1H3,(H,37,43)(H,38,42)(H,39,40,41)/b29-18-. The summed E-state index contributed by atoms with van der Waals surface area (Å²) in [6.45, 7) is 1.81. The van der Waals surface area contributed by atoms with Crippen molar-refractivity contribution < 1.29 is 14.4 Å². The summed E-state index contributed by atoms with van der Waals surface area (Å²) in [6.07, 6.45) is 1.62. The number of hydrogen-bond acceptors (Lipinski definition) is 6. The summed E-state index contributed by atoms with van der Waals surface area (Å²) >= 11 is 9.57. The van der Waals surface area contributed by atoms with Crippen molar-refractivity contribution >= 4 is 89.6 Å². The molecule has 0 bridgehead atoms. The van der Waals surface area contributed by atoms with E-state index in [0.717, 1.165) is 30.7 Å². The van der Waals surface area contributed by atoms with Crippen LogP contribution >= 0.6 is 55.0 Å². The third-order valence-corrected chi connectivity index (χ3v) is 9.27. The zero-order chi connectivity index (χ0) is 31.8. The van der Waals surface area contributed by atoms with Crippen LogP contribution in [0, 0.1) is 0 Å². The molecule has 0 radical (unpaired) electrons. The number of thiazole rings is 1. The van der Waals surface area contributed by atoms with Gasteiger partial charge in [0.2, 0.25) is 5.91 Å². The van der Waals surface area contributed by atoms with E-state index < -0.39 is 17.1 Å². The van der Waals surface area contributed by atoms with E-state index in [0.29, 0.717) is 16.4 Å². The zero-order valence-electron chi connectivity index (χ0n) is 23.8. The van der Waals surface area contributed by atoms with Crippen molar-refractivity contribution in [1.82, 2.24) is 10.3 Å². The molecule has 0 saturated heterocycles. The Labute approximate surface area is 285 Å². The van der Waals surface area contributed by atoms with E-state index >= 15 is 0 Å². The van der Waals surface area contributed by atoms with Crippen LogP contribution in [0.15, 0.2) is 128 Å². The molecular weight excluding hydrogens is 736 g/mol. The molecule has 0 aliphatic rings. The van der Waals surface area contributed by atoms with Gasteiger partial charge < -0.3 is 16.0 Å². The monoisotopic (exact) mass is 760 g/mol. The molecule has 0 spiro atoms. The van der Waals surface area contributed by atoms with Crippen LogP contribution in [0.3, 0.4) is 0 Å². The smallest absolute Gasteiger partial charge is 0.272 e. The maximum atomic E-state index is 13.4. The van der Waals surface area contributed by atoms with Gasteiger partial charge in [-0.1, -0.05) is 80.4 Å². The van der Waals surface area contributed by atoms with Crippen LogP contribution in [0.25, 0.3) is 17.3 Å². The van der Waals surface area contributed by atoms with Crippen LogP contribution in [0.4, 0.5) is 10.8 Å². The number of aromatic nitrogens is 1. The highest BCUT2D eigenvalue weighted by atomic mass is 79.9. The molecule has 1 unspecified atom stereocenters.